The van der Waals surface area contributed by atoms with Crippen LogP contribution in [-0.4, -0.2) is 47.4 Å². The Morgan fingerprint density at radius 3 is 2.47 bits per heavy atom. The number of likely N-dealkylation sites (tertiary alicyclic amines) is 1. The maximum absolute atomic E-state index is 12.1. The van der Waals surface area contributed by atoms with Crippen LogP contribution < -0.4 is 5.32 Å². The van der Waals surface area contributed by atoms with Crippen molar-refractivity contribution in [2.75, 3.05) is 24.6 Å². The maximum Gasteiger partial charge on any atom is 0.244 e. The third-order valence-electron chi connectivity index (χ3n) is 3.00. The number of carbonyl (C=O) groups excluding carboxylic acids is 2. The quantitative estimate of drug-likeness (QED) is 0.757. The number of hydrogen-bond donors (Lipinski definition) is 1. The standard InChI is InChI=1S/C14H24N2O2S/c1-11(2)9-19-10-13(17)15-12(3)14(18)16-7-5-4-6-8-16/h12H,1,4-10H2,2-3H3,(H,15,17). The lowest BCUT2D eigenvalue weighted by molar-refractivity contribution is -0.136. The predicted octanol–water partition coefficient (Wildman–Crippen LogP) is 1.81. The van der Waals surface area contributed by atoms with E-state index >= 15 is 0 Å². The van der Waals surface area contributed by atoms with Gasteiger partial charge in [-0.1, -0.05) is 12.2 Å². The van der Waals surface area contributed by atoms with E-state index in [-0.39, 0.29) is 11.8 Å². The average Bonchev–Trinajstić information content (AvgIpc) is 2.38. The Kier molecular flexibility index (Phi) is 6.99. The van der Waals surface area contributed by atoms with Crippen molar-refractivity contribution in [1.29, 1.82) is 0 Å². The monoisotopic (exact) mass is 284 g/mol. The SMILES string of the molecule is C=C(C)CSCC(=O)NC(C)C(=O)N1CCCCC1. The van der Waals surface area contributed by atoms with Crippen LogP contribution in [0.2, 0.25) is 0 Å². The van der Waals surface area contributed by atoms with E-state index < -0.39 is 6.04 Å². The van der Waals surface area contributed by atoms with E-state index in [0.29, 0.717) is 5.75 Å². The van der Waals surface area contributed by atoms with Gasteiger partial charge in [0, 0.05) is 18.8 Å². The van der Waals surface area contributed by atoms with Gasteiger partial charge in [-0.05, 0) is 33.1 Å². The molecule has 1 atom stereocenters. The van der Waals surface area contributed by atoms with Crippen molar-refractivity contribution >= 4 is 23.6 Å². The fourth-order valence-electron chi connectivity index (χ4n) is 2.05. The fourth-order valence-corrected chi connectivity index (χ4v) is 2.77. The number of rotatable bonds is 6. The van der Waals surface area contributed by atoms with E-state index in [1.165, 1.54) is 18.2 Å². The first-order chi connectivity index (χ1) is 9.00. The first-order valence-corrected chi connectivity index (χ1v) is 7.96. The smallest absolute Gasteiger partial charge is 0.244 e. The lowest BCUT2D eigenvalue weighted by atomic mass is 10.1. The Hall–Kier alpha value is -0.970. The molecule has 108 valence electrons. The lowest BCUT2D eigenvalue weighted by Crippen LogP contribution is -2.48. The molecule has 1 fully saturated rings. The van der Waals surface area contributed by atoms with Gasteiger partial charge in [-0.25, -0.2) is 0 Å². The van der Waals surface area contributed by atoms with E-state index in [4.69, 9.17) is 0 Å². The minimum absolute atomic E-state index is 0.0398. The summed E-state index contributed by atoms with van der Waals surface area (Å²) in [6.07, 6.45) is 3.34. The Bertz CT molecular complexity index is 338. The third-order valence-corrected chi connectivity index (χ3v) is 4.16. The number of carbonyl (C=O) groups is 2. The van der Waals surface area contributed by atoms with E-state index in [0.717, 1.165) is 37.3 Å². The van der Waals surface area contributed by atoms with Crippen LogP contribution in [0.25, 0.3) is 0 Å². The van der Waals surface area contributed by atoms with Gasteiger partial charge in [0.15, 0.2) is 0 Å². The zero-order valence-corrected chi connectivity index (χ0v) is 12.7. The Labute approximate surface area is 120 Å². The van der Waals surface area contributed by atoms with E-state index in [2.05, 4.69) is 11.9 Å². The molecule has 1 rings (SSSR count). The summed E-state index contributed by atoms with van der Waals surface area (Å²) in [5.74, 6) is 1.12. The summed E-state index contributed by atoms with van der Waals surface area (Å²) in [6, 6.07) is -0.420. The summed E-state index contributed by atoms with van der Waals surface area (Å²) < 4.78 is 0. The number of amides is 2. The number of hydrogen-bond acceptors (Lipinski definition) is 3. The summed E-state index contributed by atoms with van der Waals surface area (Å²) in [4.78, 5) is 25.7. The highest BCUT2D eigenvalue weighted by molar-refractivity contribution is 8.00. The molecular weight excluding hydrogens is 260 g/mol. The third kappa shape index (κ3) is 6.14. The molecule has 0 aromatic heterocycles. The number of piperidine rings is 1. The van der Waals surface area contributed by atoms with Crippen molar-refractivity contribution in [1.82, 2.24) is 10.2 Å². The van der Waals surface area contributed by atoms with Gasteiger partial charge in [-0.15, -0.1) is 11.8 Å². The highest BCUT2D eigenvalue weighted by Crippen LogP contribution is 2.10. The minimum atomic E-state index is -0.420. The minimum Gasteiger partial charge on any atom is -0.344 e. The van der Waals surface area contributed by atoms with Crippen LogP contribution in [0.1, 0.15) is 33.1 Å². The van der Waals surface area contributed by atoms with Crippen LogP contribution in [0.15, 0.2) is 12.2 Å². The molecule has 1 N–H and O–H groups in total. The zero-order valence-electron chi connectivity index (χ0n) is 11.9. The molecule has 1 aliphatic heterocycles. The molecule has 2 amide bonds. The first-order valence-electron chi connectivity index (χ1n) is 6.81. The lowest BCUT2D eigenvalue weighted by Gasteiger charge is -2.29. The maximum atomic E-state index is 12.1. The van der Waals surface area contributed by atoms with Gasteiger partial charge in [-0.3, -0.25) is 9.59 Å². The van der Waals surface area contributed by atoms with Crippen LogP contribution in [0, 0.1) is 0 Å². The molecule has 0 spiro atoms. The van der Waals surface area contributed by atoms with Crippen LogP contribution in [0.5, 0.6) is 0 Å². The zero-order chi connectivity index (χ0) is 14.3. The van der Waals surface area contributed by atoms with Crippen molar-refractivity contribution in [2.24, 2.45) is 0 Å². The average molecular weight is 284 g/mol. The molecule has 1 unspecified atom stereocenters. The summed E-state index contributed by atoms with van der Waals surface area (Å²) in [6.45, 7) is 9.13. The molecule has 5 heteroatoms. The topological polar surface area (TPSA) is 49.4 Å². The number of nitrogens with zero attached hydrogens (tertiary/aromatic N) is 1. The molecule has 0 aliphatic carbocycles. The second-order valence-electron chi connectivity index (χ2n) is 5.13. The largest absolute Gasteiger partial charge is 0.344 e. The number of thioether (sulfide) groups is 1. The van der Waals surface area contributed by atoms with Gasteiger partial charge in [0.05, 0.1) is 5.75 Å². The molecule has 0 bridgehead atoms. The van der Waals surface area contributed by atoms with E-state index in [1.807, 2.05) is 11.8 Å². The predicted molar refractivity (Wildman–Crippen MR) is 80.2 cm³/mol. The molecular formula is C14H24N2O2S. The van der Waals surface area contributed by atoms with Gasteiger partial charge >= 0.3 is 0 Å². The Balaban J connectivity index is 2.28. The van der Waals surface area contributed by atoms with Crippen LogP contribution in [0.3, 0.4) is 0 Å². The second-order valence-corrected chi connectivity index (χ2v) is 6.11. The van der Waals surface area contributed by atoms with E-state index in [1.54, 1.807) is 6.92 Å². The summed E-state index contributed by atoms with van der Waals surface area (Å²) in [5, 5.41) is 2.77. The van der Waals surface area contributed by atoms with Crippen molar-refractivity contribution < 1.29 is 9.59 Å². The molecule has 19 heavy (non-hydrogen) atoms. The molecule has 1 heterocycles. The van der Waals surface area contributed by atoms with Crippen LogP contribution >= 0.6 is 11.8 Å². The number of nitrogens with one attached hydrogen (secondary N) is 1. The summed E-state index contributed by atoms with van der Waals surface area (Å²) >= 11 is 1.52. The van der Waals surface area contributed by atoms with Gasteiger partial charge in [0.2, 0.25) is 11.8 Å². The van der Waals surface area contributed by atoms with Crippen molar-refractivity contribution in [2.45, 2.75) is 39.2 Å². The normalized spacial score (nSPS) is 16.8. The second kappa shape index (κ2) is 8.25. The van der Waals surface area contributed by atoms with Gasteiger partial charge in [0.1, 0.15) is 6.04 Å². The van der Waals surface area contributed by atoms with Crippen molar-refractivity contribution in [3.63, 3.8) is 0 Å². The summed E-state index contributed by atoms with van der Waals surface area (Å²) in [5.41, 5.74) is 1.05. The molecule has 0 aromatic carbocycles. The van der Waals surface area contributed by atoms with Crippen LogP contribution in [0.4, 0.5) is 0 Å². The van der Waals surface area contributed by atoms with Crippen molar-refractivity contribution in [3.05, 3.63) is 12.2 Å². The summed E-state index contributed by atoms with van der Waals surface area (Å²) in [7, 11) is 0. The molecule has 4 nitrogen and oxygen atoms in total. The Morgan fingerprint density at radius 1 is 1.26 bits per heavy atom. The molecule has 0 radical (unpaired) electrons. The van der Waals surface area contributed by atoms with Crippen molar-refractivity contribution in [3.8, 4) is 0 Å². The first kappa shape index (κ1) is 16.1. The molecule has 0 aromatic rings. The van der Waals surface area contributed by atoms with Crippen LogP contribution in [-0.2, 0) is 9.59 Å². The Morgan fingerprint density at radius 2 is 1.89 bits per heavy atom. The molecule has 1 aliphatic rings. The molecule has 1 saturated heterocycles. The van der Waals surface area contributed by atoms with Gasteiger partial charge in [0.25, 0.3) is 0 Å². The highest BCUT2D eigenvalue weighted by Gasteiger charge is 2.23. The fraction of sp³-hybridized carbons (Fsp3) is 0.714. The van der Waals surface area contributed by atoms with Gasteiger partial charge < -0.3 is 10.2 Å². The van der Waals surface area contributed by atoms with Gasteiger partial charge in [-0.2, -0.15) is 0 Å². The van der Waals surface area contributed by atoms with E-state index in [9.17, 15) is 9.59 Å². The highest BCUT2D eigenvalue weighted by atomic mass is 32.2. The molecule has 0 saturated carbocycles.